The van der Waals surface area contributed by atoms with E-state index in [1.54, 1.807) is 22.9 Å². The highest BCUT2D eigenvalue weighted by Crippen LogP contribution is 2.32. The van der Waals surface area contributed by atoms with Crippen molar-refractivity contribution in [1.82, 2.24) is 19.7 Å². The van der Waals surface area contributed by atoms with Gasteiger partial charge in [-0.05, 0) is 55.8 Å². The van der Waals surface area contributed by atoms with Crippen molar-refractivity contribution in [3.63, 3.8) is 0 Å². The number of amides is 1. The molecule has 194 valence electrons. The molecule has 0 aliphatic heterocycles. The van der Waals surface area contributed by atoms with Crippen LogP contribution in [0.15, 0.2) is 76.2 Å². The molecule has 6 rings (SSSR count). The van der Waals surface area contributed by atoms with Gasteiger partial charge in [0.25, 0.3) is 5.91 Å². The third-order valence-electron chi connectivity index (χ3n) is 6.55. The number of aryl methyl sites for hydroxylation is 2. The van der Waals surface area contributed by atoms with Crippen LogP contribution in [-0.4, -0.2) is 25.7 Å². The molecule has 3 aromatic carbocycles. The van der Waals surface area contributed by atoms with Crippen LogP contribution in [0.25, 0.3) is 44.7 Å². The predicted molar refractivity (Wildman–Crippen MR) is 149 cm³/mol. The number of anilines is 1. The minimum atomic E-state index is -0.719. The number of nitrogens with zero attached hydrogens (tertiary/aromatic N) is 3. The van der Waals surface area contributed by atoms with Gasteiger partial charge in [0.15, 0.2) is 5.58 Å². The van der Waals surface area contributed by atoms with Gasteiger partial charge >= 0.3 is 0 Å². The summed E-state index contributed by atoms with van der Waals surface area (Å²) in [5.41, 5.74) is 4.99. The second-order valence-electron chi connectivity index (χ2n) is 9.12. The first-order valence-corrected chi connectivity index (χ1v) is 12.5. The van der Waals surface area contributed by atoms with Crippen LogP contribution in [-0.2, 0) is 6.54 Å². The lowest BCUT2D eigenvalue weighted by Gasteiger charge is -2.13. The summed E-state index contributed by atoms with van der Waals surface area (Å²) in [6, 6.07) is 15.3. The average Bonchev–Trinajstić information content (AvgIpc) is 3.57. The molecule has 1 amide bonds. The van der Waals surface area contributed by atoms with Gasteiger partial charge in [-0.15, -0.1) is 0 Å². The van der Waals surface area contributed by atoms with Crippen molar-refractivity contribution in [2.45, 2.75) is 20.4 Å². The molecule has 0 fully saturated rings. The molecule has 0 unspecified atom stereocenters. The average molecular weight is 542 g/mol. The van der Waals surface area contributed by atoms with Gasteiger partial charge < -0.3 is 14.3 Å². The van der Waals surface area contributed by atoms with Crippen molar-refractivity contribution in [2.24, 2.45) is 0 Å². The van der Waals surface area contributed by atoms with E-state index in [0.717, 1.165) is 22.7 Å². The van der Waals surface area contributed by atoms with Crippen LogP contribution in [0.2, 0.25) is 5.02 Å². The number of aromatic amines is 1. The summed E-state index contributed by atoms with van der Waals surface area (Å²) in [4.78, 5) is 30.7. The van der Waals surface area contributed by atoms with E-state index in [1.165, 1.54) is 12.3 Å². The molecule has 0 aliphatic rings. The molecule has 6 aromatic rings. The number of benzene rings is 3. The van der Waals surface area contributed by atoms with Gasteiger partial charge in [0.2, 0.25) is 11.3 Å². The number of halogens is 2. The van der Waals surface area contributed by atoms with E-state index < -0.39 is 17.2 Å². The summed E-state index contributed by atoms with van der Waals surface area (Å²) in [7, 11) is 0. The normalized spacial score (nSPS) is 11.4. The highest BCUT2D eigenvalue weighted by Gasteiger charge is 2.19. The zero-order valence-electron chi connectivity index (χ0n) is 20.9. The number of rotatable bonds is 5. The SMILES string of the molecule is CCn1cc(C(=O)Nc2ccc(-c3[nH]ncc3-c3nc4cc(C)ccc4o3)cc2)c(=O)c2cc(F)c(Cl)cc21. The fourth-order valence-corrected chi connectivity index (χ4v) is 4.71. The van der Waals surface area contributed by atoms with Crippen LogP contribution in [0.3, 0.4) is 0 Å². The van der Waals surface area contributed by atoms with Crippen LogP contribution in [0, 0.1) is 12.7 Å². The van der Waals surface area contributed by atoms with Crippen molar-refractivity contribution < 1.29 is 13.6 Å². The predicted octanol–water partition coefficient (Wildman–Crippen LogP) is 6.57. The molecule has 10 heteroatoms. The Morgan fingerprint density at radius 3 is 2.72 bits per heavy atom. The lowest BCUT2D eigenvalue weighted by atomic mass is 10.1. The number of nitrogens with one attached hydrogen (secondary N) is 2. The molecule has 8 nitrogen and oxygen atoms in total. The summed E-state index contributed by atoms with van der Waals surface area (Å²) >= 11 is 5.91. The van der Waals surface area contributed by atoms with Crippen molar-refractivity contribution in [2.75, 3.05) is 5.32 Å². The summed E-state index contributed by atoms with van der Waals surface area (Å²) in [6.07, 6.45) is 3.11. The molecule has 0 aliphatic carbocycles. The third kappa shape index (κ3) is 4.36. The molecule has 0 radical (unpaired) electrons. The van der Waals surface area contributed by atoms with E-state index in [1.807, 2.05) is 44.2 Å². The minimum absolute atomic E-state index is 0.0860. The van der Waals surface area contributed by atoms with Gasteiger partial charge in [0.1, 0.15) is 16.9 Å². The lowest BCUT2D eigenvalue weighted by Crippen LogP contribution is -2.24. The van der Waals surface area contributed by atoms with Crippen molar-refractivity contribution in [3.05, 3.63) is 99.2 Å². The first-order valence-electron chi connectivity index (χ1n) is 12.2. The maximum Gasteiger partial charge on any atom is 0.261 e. The number of aromatic nitrogens is 4. The Bertz CT molecular complexity index is 1960. The third-order valence-corrected chi connectivity index (χ3v) is 6.84. The van der Waals surface area contributed by atoms with Crippen LogP contribution >= 0.6 is 11.6 Å². The number of hydrogen-bond donors (Lipinski definition) is 2. The molecule has 0 spiro atoms. The molecule has 0 saturated carbocycles. The largest absolute Gasteiger partial charge is 0.436 e. The van der Waals surface area contributed by atoms with Gasteiger partial charge in [-0.3, -0.25) is 14.7 Å². The Kier molecular flexibility index (Phi) is 6.00. The summed E-state index contributed by atoms with van der Waals surface area (Å²) in [5, 5.41) is 9.91. The first kappa shape index (κ1) is 24.6. The molecule has 0 bridgehead atoms. The van der Waals surface area contributed by atoms with E-state index >= 15 is 0 Å². The highest BCUT2D eigenvalue weighted by atomic mass is 35.5. The topological polar surface area (TPSA) is 106 Å². The van der Waals surface area contributed by atoms with Crippen LogP contribution in [0.4, 0.5) is 10.1 Å². The van der Waals surface area contributed by atoms with Gasteiger partial charge in [-0.25, -0.2) is 9.37 Å². The molecular weight excluding hydrogens is 521 g/mol. The van der Waals surface area contributed by atoms with Crippen LogP contribution < -0.4 is 10.7 Å². The quantitative estimate of drug-likeness (QED) is 0.257. The molecule has 0 atom stereocenters. The summed E-state index contributed by atoms with van der Waals surface area (Å²) in [6.45, 7) is 4.31. The zero-order chi connectivity index (χ0) is 27.3. The molecule has 3 aromatic heterocycles. The number of H-pyrrole nitrogens is 1. The lowest BCUT2D eigenvalue weighted by molar-refractivity contribution is 0.102. The Labute approximate surface area is 226 Å². The monoisotopic (exact) mass is 541 g/mol. The van der Waals surface area contributed by atoms with Crippen molar-refractivity contribution >= 4 is 45.2 Å². The maximum absolute atomic E-state index is 14.1. The molecule has 39 heavy (non-hydrogen) atoms. The second-order valence-corrected chi connectivity index (χ2v) is 9.53. The number of oxazole rings is 1. The van der Waals surface area contributed by atoms with Crippen LogP contribution in [0.5, 0.6) is 0 Å². The van der Waals surface area contributed by atoms with E-state index in [2.05, 4.69) is 20.5 Å². The molecule has 0 saturated heterocycles. The fraction of sp³-hybridized carbons (Fsp3) is 0.103. The minimum Gasteiger partial charge on any atom is -0.436 e. The summed E-state index contributed by atoms with van der Waals surface area (Å²) < 4.78 is 21.7. The molecule has 2 N–H and O–H groups in total. The van der Waals surface area contributed by atoms with Crippen LogP contribution in [0.1, 0.15) is 22.8 Å². The first-order chi connectivity index (χ1) is 18.8. The van der Waals surface area contributed by atoms with Gasteiger partial charge in [-0.2, -0.15) is 5.10 Å². The van der Waals surface area contributed by atoms with Crippen molar-refractivity contribution in [3.8, 4) is 22.7 Å². The Hall–Kier alpha value is -4.76. The van der Waals surface area contributed by atoms with E-state index in [0.29, 0.717) is 40.5 Å². The number of pyridine rings is 1. The number of hydrogen-bond acceptors (Lipinski definition) is 5. The number of fused-ring (bicyclic) bond motifs is 2. The fourth-order valence-electron chi connectivity index (χ4n) is 4.55. The Morgan fingerprint density at radius 1 is 1.15 bits per heavy atom. The number of carbonyl (C=O) groups is 1. The summed E-state index contributed by atoms with van der Waals surface area (Å²) in [5.74, 6) is -0.877. The van der Waals surface area contributed by atoms with Crippen molar-refractivity contribution in [1.29, 1.82) is 0 Å². The zero-order valence-corrected chi connectivity index (χ0v) is 21.6. The maximum atomic E-state index is 14.1. The van der Waals surface area contributed by atoms with Gasteiger partial charge in [-0.1, -0.05) is 29.8 Å². The Morgan fingerprint density at radius 2 is 1.95 bits per heavy atom. The smallest absolute Gasteiger partial charge is 0.261 e. The standard InChI is InChI=1S/C29H21ClFN5O3/c1-3-36-14-20(27(37)18-11-22(31)21(30)12-24(18)36)28(38)33-17-7-5-16(6-8-17)26-19(13-32-35-26)29-34-23-10-15(2)4-9-25(23)39-29/h4-14H,3H2,1-2H3,(H,32,35)(H,33,38). The second kappa shape index (κ2) is 9.52. The van der Waals surface area contributed by atoms with Gasteiger partial charge in [0, 0.05) is 29.4 Å². The van der Waals surface area contributed by atoms with E-state index in [9.17, 15) is 14.0 Å². The van der Waals surface area contributed by atoms with Gasteiger partial charge in [0.05, 0.1) is 28.0 Å². The van der Waals surface area contributed by atoms with E-state index in [-0.39, 0.29) is 16.0 Å². The highest BCUT2D eigenvalue weighted by molar-refractivity contribution is 6.31. The molecule has 3 heterocycles. The van der Waals surface area contributed by atoms with E-state index in [4.69, 9.17) is 16.0 Å². The number of carbonyl (C=O) groups excluding carboxylic acids is 1. The Balaban J connectivity index is 1.29. The molecular formula is C29H21ClFN5O3.